The fourth-order valence-electron chi connectivity index (χ4n) is 4.00. The third-order valence-corrected chi connectivity index (χ3v) is 7.23. The lowest BCUT2D eigenvalue weighted by molar-refractivity contribution is -0.113. The third kappa shape index (κ3) is 5.57. The van der Waals surface area contributed by atoms with Crippen molar-refractivity contribution in [3.05, 3.63) is 59.4 Å². The molecule has 1 aromatic heterocycles. The fraction of sp³-hybridized carbons (Fsp3) is 0.400. The quantitative estimate of drug-likeness (QED) is 0.532. The van der Waals surface area contributed by atoms with Crippen LogP contribution in [0.4, 0.5) is 11.4 Å². The number of carbonyl (C=O) groups is 1. The molecule has 7 nitrogen and oxygen atoms in total. The summed E-state index contributed by atoms with van der Waals surface area (Å²) in [5, 5.41) is 12.0. The van der Waals surface area contributed by atoms with Gasteiger partial charge in [0.2, 0.25) is 5.91 Å². The van der Waals surface area contributed by atoms with Crippen molar-refractivity contribution in [1.82, 2.24) is 19.7 Å². The van der Waals surface area contributed by atoms with Gasteiger partial charge in [-0.1, -0.05) is 24.8 Å². The highest BCUT2D eigenvalue weighted by Gasteiger charge is 2.17. The first-order valence-electron chi connectivity index (χ1n) is 11.4. The Balaban J connectivity index is 1.35. The predicted octanol–water partition coefficient (Wildman–Crippen LogP) is 4.07. The van der Waals surface area contributed by atoms with Gasteiger partial charge in [-0.15, -0.1) is 10.2 Å². The molecule has 8 heteroatoms. The number of nitrogens with one attached hydrogen (secondary N) is 1. The van der Waals surface area contributed by atoms with Gasteiger partial charge < -0.3 is 15.1 Å². The second-order valence-corrected chi connectivity index (χ2v) is 9.45. The second kappa shape index (κ2) is 10.4. The van der Waals surface area contributed by atoms with Gasteiger partial charge in [-0.25, -0.2) is 0 Å². The molecule has 0 atom stereocenters. The molecule has 174 valence electrons. The van der Waals surface area contributed by atoms with Gasteiger partial charge in [-0.2, -0.15) is 0 Å². The third-order valence-electron chi connectivity index (χ3n) is 6.29. The first-order valence-corrected chi connectivity index (χ1v) is 12.4. The Morgan fingerprint density at radius 1 is 0.970 bits per heavy atom. The first kappa shape index (κ1) is 23.3. The number of thioether (sulfide) groups is 1. The van der Waals surface area contributed by atoms with Crippen LogP contribution in [0.25, 0.3) is 5.69 Å². The zero-order chi connectivity index (χ0) is 23.4. The van der Waals surface area contributed by atoms with Crippen LogP contribution >= 0.6 is 11.8 Å². The van der Waals surface area contributed by atoms with E-state index < -0.39 is 0 Å². The number of hydrogen-bond acceptors (Lipinski definition) is 6. The van der Waals surface area contributed by atoms with Crippen molar-refractivity contribution in [2.75, 3.05) is 48.7 Å². The molecule has 3 aromatic rings. The number of hydrogen-bond donors (Lipinski definition) is 1. The fourth-order valence-corrected chi connectivity index (χ4v) is 4.73. The molecule has 0 aliphatic carbocycles. The molecule has 0 saturated carbocycles. The summed E-state index contributed by atoms with van der Waals surface area (Å²) in [5.74, 6) is 0.214. The Hall–Kier alpha value is -2.84. The average molecular weight is 465 g/mol. The number of aryl methyl sites for hydroxylation is 3. The van der Waals surface area contributed by atoms with E-state index in [-0.39, 0.29) is 11.7 Å². The highest BCUT2D eigenvalue weighted by molar-refractivity contribution is 7.99. The molecule has 33 heavy (non-hydrogen) atoms. The van der Waals surface area contributed by atoms with Crippen molar-refractivity contribution in [2.45, 2.75) is 32.9 Å². The van der Waals surface area contributed by atoms with E-state index in [2.05, 4.69) is 70.4 Å². The van der Waals surface area contributed by atoms with Crippen molar-refractivity contribution in [1.29, 1.82) is 0 Å². The van der Waals surface area contributed by atoms with Gasteiger partial charge in [0.05, 0.1) is 5.75 Å². The largest absolute Gasteiger partial charge is 0.369 e. The molecule has 1 fully saturated rings. The second-order valence-electron chi connectivity index (χ2n) is 8.51. The lowest BCUT2D eigenvalue weighted by atomic mass is 10.1. The van der Waals surface area contributed by atoms with Crippen LogP contribution in [0.2, 0.25) is 0 Å². The topological polar surface area (TPSA) is 66.3 Å². The highest BCUT2D eigenvalue weighted by Crippen LogP contribution is 2.25. The van der Waals surface area contributed by atoms with E-state index in [1.165, 1.54) is 28.6 Å². The van der Waals surface area contributed by atoms with E-state index in [9.17, 15) is 4.79 Å². The molecule has 1 saturated heterocycles. The van der Waals surface area contributed by atoms with Gasteiger partial charge in [0.25, 0.3) is 0 Å². The van der Waals surface area contributed by atoms with Crippen LogP contribution in [0.3, 0.4) is 0 Å². The number of nitrogens with zero attached hydrogens (tertiary/aromatic N) is 5. The summed E-state index contributed by atoms with van der Waals surface area (Å²) in [6.45, 7) is 13.8. The van der Waals surface area contributed by atoms with Crippen molar-refractivity contribution in [2.24, 2.45) is 0 Å². The molecule has 0 spiro atoms. The highest BCUT2D eigenvalue weighted by atomic mass is 32.2. The summed E-state index contributed by atoms with van der Waals surface area (Å²) in [6, 6.07) is 12.5. The first-order chi connectivity index (χ1) is 15.9. The molecular formula is C25H32N6OS. The number of rotatable bonds is 7. The number of likely N-dealkylation sites (N-methyl/N-ethyl adjacent to an activating group) is 1. The van der Waals surface area contributed by atoms with E-state index >= 15 is 0 Å². The molecule has 1 amide bonds. The summed E-state index contributed by atoms with van der Waals surface area (Å²) in [7, 11) is 0. The maximum Gasteiger partial charge on any atom is 0.234 e. The number of anilines is 2. The molecular weight excluding hydrogens is 432 g/mol. The lowest BCUT2D eigenvalue weighted by Gasteiger charge is -2.35. The monoisotopic (exact) mass is 464 g/mol. The van der Waals surface area contributed by atoms with E-state index in [4.69, 9.17) is 0 Å². The van der Waals surface area contributed by atoms with Crippen molar-refractivity contribution < 1.29 is 4.79 Å². The Labute approximate surface area is 200 Å². The standard InChI is InChI=1S/C25H32N6OS/c1-5-29-10-12-30(13-11-29)21-8-9-23(20(4)15-21)27-24(32)16-33-25-28-26-17-31(25)22-7-6-18(2)19(3)14-22/h6-9,14-15,17H,5,10-13,16H2,1-4H3,(H,27,32). The Bertz CT molecular complexity index is 1120. The zero-order valence-corrected chi connectivity index (χ0v) is 20.7. The number of carbonyl (C=O) groups excluding carboxylic acids is 1. The van der Waals surface area contributed by atoms with Gasteiger partial charge in [0.1, 0.15) is 6.33 Å². The molecule has 1 aliphatic rings. The Morgan fingerprint density at radius 3 is 2.39 bits per heavy atom. The van der Waals surface area contributed by atoms with Crippen LogP contribution < -0.4 is 10.2 Å². The Kier molecular flexibility index (Phi) is 7.35. The summed E-state index contributed by atoms with van der Waals surface area (Å²) in [6.07, 6.45) is 1.69. The lowest BCUT2D eigenvalue weighted by Crippen LogP contribution is -2.46. The predicted molar refractivity (Wildman–Crippen MR) is 136 cm³/mol. The van der Waals surface area contributed by atoms with Gasteiger partial charge in [0.15, 0.2) is 5.16 Å². The van der Waals surface area contributed by atoms with Crippen LogP contribution in [-0.2, 0) is 4.79 Å². The number of amides is 1. The van der Waals surface area contributed by atoms with Crippen LogP contribution in [0.5, 0.6) is 0 Å². The summed E-state index contributed by atoms with van der Waals surface area (Å²) in [4.78, 5) is 17.5. The van der Waals surface area contributed by atoms with Crippen LogP contribution in [0.15, 0.2) is 47.9 Å². The molecule has 0 bridgehead atoms. The van der Waals surface area contributed by atoms with Crippen LogP contribution in [-0.4, -0.2) is 64.0 Å². The van der Waals surface area contributed by atoms with E-state index in [1.54, 1.807) is 6.33 Å². The van der Waals surface area contributed by atoms with Crippen molar-refractivity contribution in [3.8, 4) is 5.69 Å². The normalized spacial score (nSPS) is 14.5. The molecule has 2 heterocycles. The van der Waals surface area contributed by atoms with Crippen LogP contribution in [0, 0.1) is 20.8 Å². The molecule has 0 radical (unpaired) electrons. The molecule has 1 aliphatic heterocycles. The van der Waals surface area contributed by atoms with Crippen LogP contribution in [0.1, 0.15) is 23.6 Å². The minimum atomic E-state index is -0.0537. The number of benzene rings is 2. The number of piperazine rings is 1. The molecule has 1 N–H and O–H groups in total. The molecule has 0 unspecified atom stereocenters. The maximum atomic E-state index is 12.7. The molecule has 4 rings (SSSR count). The SMILES string of the molecule is CCN1CCN(c2ccc(NC(=O)CSc3nncn3-c3ccc(C)c(C)c3)c(C)c2)CC1. The van der Waals surface area contributed by atoms with Crippen molar-refractivity contribution >= 4 is 29.0 Å². The van der Waals surface area contributed by atoms with E-state index in [0.717, 1.165) is 49.7 Å². The summed E-state index contributed by atoms with van der Waals surface area (Å²) < 4.78 is 1.92. The van der Waals surface area contributed by atoms with E-state index in [0.29, 0.717) is 5.16 Å². The van der Waals surface area contributed by atoms with Gasteiger partial charge >= 0.3 is 0 Å². The Morgan fingerprint density at radius 2 is 1.70 bits per heavy atom. The minimum absolute atomic E-state index is 0.0537. The smallest absolute Gasteiger partial charge is 0.234 e. The summed E-state index contributed by atoms with van der Waals surface area (Å²) >= 11 is 1.38. The van der Waals surface area contributed by atoms with Gasteiger partial charge in [0, 0.05) is 43.2 Å². The maximum absolute atomic E-state index is 12.7. The summed E-state index contributed by atoms with van der Waals surface area (Å²) in [5.41, 5.74) is 6.59. The zero-order valence-electron chi connectivity index (χ0n) is 19.8. The number of aromatic nitrogens is 3. The van der Waals surface area contributed by atoms with E-state index in [1.807, 2.05) is 23.6 Å². The molecule has 2 aromatic carbocycles. The average Bonchev–Trinajstić information content (AvgIpc) is 3.29. The minimum Gasteiger partial charge on any atom is -0.369 e. The van der Waals surface area contributed by atoms with Gasteiger partial charge in [-0.3, -0.25) is 9.36 Å². The van der Waals surface area contributed by atoms with Crippen molar-refractivity contribution in [3.63, 3.8) is 0 Å². The van der Waals surface area contributed by atoms with Gasteiger partial charge in [-0.05, 0) is 74.3 Å².